The summed E-state index contributed by atoms with van der Waals surface area (Å²) in [6.45, 7) is -0.426. The maximum absolute atomic E-state index is 12.9. The molecule has 0 unspecified atom stereocenters. The number of hydrogen-bond donors (Lipinski definition) is 1. The Morgan fingerprint density at radius 3 is 2.53 bits per heavy atom. The number of hydrogen-bond acceptors (Lipinski definition) is 5. The molecular formula is C23H22FNO5. The first-order chi connectivity index (χ1) is 14.5. The van der Waals surface area contributed by atoms with Crippen LogP contribution in [0.25, 0.3) is 6.08 Å². The molecule has 30 heavy (non-hydrogen) atoms. The van der Waals surface area contributed by atoms with E-state index in [9.17, 15) is 14.0 Å². The molecule has 7 heteroatoms. The van der Waals surface area contributed by atoms with E-state index >= 15 is 0 Å². The zero-order valence-electron chi connectivity index (χ0n) is 16.4. The van der Waals surface area contributed by atoms with Crippen molar-refractivity contribution in [3.05, 3.63) is 59.9 Å². The number of carbonyl (C=O) groups is 2. The highest BCUT2D eigenvalue weighted by Crippen LogP contribution is 2.46. The van der Waals surface area contributed by atoms with E-state index in [1.807, 2.05) is 0 Å². The van der Waals surface area contributed by atoms with Gasteiger partial charge in [-0.3, -0.25) is 4.79 Å². The summed E-state index contributed by atoms with van der Waals surface area (Å²) in [6, 6.07) is 10.8. The number of ether oxygens (including phenoxy) is 3. The van der Waals surface area contributed by atoms with Gasteiger partial charge in [0.05, 0.1) is 0 Å². The summed E-state index contributed by atoms with van der Waals surface area (Å²) >= 11 is 0. The van der Waals surface area contributed by atoms with Crippen LogP contribution in [0, 0.1) is 5.82 Å². The molecule has 1 heterocycles. The van der Waals surface area contributed by atoms with Gasteiger partial charge in [0.25, 0.3) is 11.7 Å². The van der Waals surface area contributed by atoms with Crippen LogP contribution in [0.5, 0.6) is 11.5 Å². The zero-order valence-corrected chi connectivity index (χ0v) is 16.4. The third-order valence-electron chi connectivity index (χ3n) is 5.06. The van der Waals surface area contributed by atoms with E-state index < -0.39 is 24.3 Å². The number of benzene rings is 2. The van der Waals surface area contributed by atoms with Gasteiger partial charge in [-0.15, -0.1) is 0 Å². The Morgan fingerprint density at radius 2 is 1.77 bits per heavy atom. The topological polar surface area (TPSA) is 73.9 Å². The molecule has 2 aromatic carbocycles. The van der Waals surface area contributed by atoms with E-state index in [1.165, 1.54) is 42.8 Å². The molecule has 1 saturated carbocycles. The van der Waals surface area contributed by atoms with Gasteiger partial charge >= 0.3 is 5.97 Å². The van der Waals surface area contributed by atoms with Crippen LogP contribution in [0.4, 0.5) is 10.1 Å². The van der Waals surface area contributed by atoms with Crippen molar-refractivity contribution in [2.75, 3.05) is 11.9 Å². The van der Waals surface area contributed by atoms with Crippen molar-refractivity contribution in [1.29, 1.82) is 0 Å². The lowest BCUT2D eigenvalue weighted by molar-refractivity contribution is -0.142. The molecule has 0 bridgehead atoms. The molecule has 2 aromatic rings. The van der Waals surface area contributed by atoms with Crippen LogP contribution in [0.2, 0.25) is 0 Å². The summed E-state index contributed by atoms with van der Waals surface area (Å²) in [4.78, 5) is 23.9. The Hall–Kier alpha value is -3.35. The minimum Gasteiger partial charge on any atom is -0.452 e. The fourth-order valence-corrected chi connectivity index (χ4v) is 3.59. The van der Waals surface area contributed by atoms with Gasteiger partial charge in [0.2, 0.25) is 0 Å². The highest BCUT2D eigenvalue weighted by Gasteiger charge is 2.42. The van der Waals surface area contributed by atoms with Gasteiger partial charge in [-0.2, -0.15) is 0 Å². The summed E-state index contributed by atoms with van der Waals surface area (Å²) in [5.41, 5.74) is 1.18. The predicted molar refractivity (Wildman–Crippen MR) is 109 cm³/mol. The van der Waals surface area contributed by atoms with Crippen LogP contribution in [0.3, 0.4) is 0 Å². The van der Waals surface area contributed by atoms with Crippen molar-refractivity contribution in [2.45, 2.75) is 37.9 Å². The van der Waals surface area contributed by atoms with Crippen molar-refractivity contribution in [1.82, 2.24) is 0 Å². The average Bonchev–Trinajstić information content (AvgIpc) is 3.08. The summed E-state index contributed by atoms with van der Waals surface area (Å²) in [7, 11) is 0. The third kappa shape index (κ3) is 4.79. The normalized spacial score (nSPS) is 16.6. The minimum absolute atomic E-state index is 0.358. The summed E-state index contributed by atoms with van der Waals surface area (Å²) in [5.74, 6) is -0.788. The molecule has 1 fully saturated rings. The molecule has 0 radical (unpaired) electrons. The second-order valence-electron chi connectivity index (χ2n) is 7.38. The summed E-state index contributed by atoms with van der Waals surface area (Å²) < 4.78 is 29.9. The predicted octanol–water partition coefficient (Wildman–Crippen LogP) is 4.45. The average molecular weight is 411 g/mol. The molecule has 0 aromatic heterocycles. The molecule has 0 atom stereocenters. The Balaban J connectivity index is 1.27. The standard InChI is InChI=1S/C23H22FNO5/c24-17-7-4-16(5-8-17)6-11-22(27)28-15-21(26)25-18-9-10-19-20(14-18)30-23(29-19)12-2-1-3-13-23/h4-11,14H,1-3,12-13,15H2,(H,25,26)/b11-6+. The Kier molecular flexibility index (Phi) is 5.70. The fourth-order valence-electron chi connectivity index (χ4n) is 3.59. The Bertz CT molecular complexity index is 964. The number of carbonyl (C=O) groups excluding carboxylic acids is 2. The fraction of sp³-hybridized carbons (Fsp3) is 0.304. The molecule has 1 aliphatic heterocycles. The molecule has 1 spiro atoms. The van der Waals surface area contributed by atoms with Gasteiger partial charge in [0.15, 0.2) is 18.1 Å². The number of anilines is 1. The lowest BCUT2D eigenvalue weighted by Gasteiger charge is -2.31. The smallest absolute Gasteiger partial charge is 0.331 e. The highest BCUT2D eigenvalue weighted by molar-refractivity contribution is 5.94. The first kappa shape index (κ1) is 19.9. The van der Waals surface area contributed by atoms with E-state index in [1.54, 1.807) is 18.2 Å². The molecule has 1 N–H and O–H groups in total. The maximum Gasteiger partial charge on any atom is 0.331 e. The van der Waals surface area contributed by atoms with Gasteiger partial charge in [-0.25, -0.2) is 9.18 Å². The third-order valence-corrected chi connectivity index (χ3v) is 5.06. The number of rotatable bonds is 5. The van der Waals surface area contributed by atoms with Crippen molar-refractivity contribution >= 4 is 23.6 Å². The lowest BCUT2D eigenvalue weighted by Crippen LogP contribution is -2.40. The van der Waals surface area contributed by atoms with Crippen molar-refractivity contribution in [3.8, 4) is 11.5 Å². The number of fused-ring (bicyclic) bond motifs is 1. The molecule has 1 amide bonds. The second kappa shape index (κ2) is 8.57. The lowest BCUT2D eigenvalue weighted by atomic mass is 9.94. The number of esters is 1. The monoisotopic (exact) mass is 411 g/mol. The summed E-state index contributed by atoms with van der Waals surface area (Å²) in [5, 5.41) is 2.68. The molecular weight excluding hydrogens is 389 g/mol. The quantitative estimate of drug-likeness (QED) is 0.581. The van der Waals surface area contributed by atoms with E-state index in [2.05, 4.69) is 5.32 Å². The van der Waals surface area contributed by atoms with E-state index in [4.69, 9.17) is 14.2 Å². The van der Waals surface area contributed by atoms with Crippen LogP contribution in [-0.2, 0) is 14.3 Å². The second-order valence-corrected chi connectivity index (χ2v) is 7.38. The van der Waals surface area contributed by atoms with Gasteiger partial charge < -0.3 is 19.5 Å². The SMILES string of the molecule is O=C(COC(=O)/C=C/c1ccc(F)cc1)Nc1ccc2c(c1)OC1(CCCCC1)O2. The van der Waals surface area contributed by atoms with E-state index in [0.29, 0.717) is 22.7 Å². The minimum atomic E-state index is -0.667. The number of nitrogens with one attached hydrogen (secondary N) is 1. The maximum atomic E-state index is 12.9. The van der Waals surface area contributed by atoms with Crippen LogP contribution in [0.15, 0.2) is 48.5 Å². The molecule has 6 nitrogen and oxygen atoms in total. The van der Waals surface area contributed by atoms with Gasteiger partial charge in [-0.05, 0) is 48.7 Å². The Labute approximate surface area is 173 Å². The Morgan fingerprint density at radius 1 is 1.03 bits per heavy atom. The van der Waals surface area contributed by atoms with E-state index in [-0.39, 0.29) is 5.82 Å². The first-order valence-corrected chi connectivity index (χ1v) is 9.94. The highest BCUT2D eigenvalue weighted by atomic mass is 19.1. The number of amides is 1. The summed E-state index contributed by atoms with van der Waals surface area (Å²) in [6.07, 6.45) is 7.69. The van der Waals surface area contributed by atoms with Crippen molar-refractivity contribution < 1.29 is 28.2 Å². The van der Waals surface area contributed by atoms with E-state index in [0.717, 1.165) is 25.7 Å². The van der Waals surface area contributed by atoms with Crippen LogP contribution < -0.4 is 14.8 Å². The molecule has 2 aliphatic rings. The largest absolute Gasteiger partial charge is 0.452 e. The van der Waals surface area contributed by atoms with Crippen LogP contribution in [-0.4, -0.2) is 24.3 Å². The van der Waals surface area contributed by atoms with Crippen molar-refractivity contribution in [3.63, 3.8) is 0 Å². The van der Waals surface area contributed by atoms with Crippen LogP contribution in [0.1, 0.15) is 37.7 Å². The van der Waals surface area contributed by atoms with Crippen LogP contribution >= 0.6 is 0 Å². The first-order valence-electron chi connectivity index (χ1n) is 9.94. The van der Waals surface area contributed by atoms with Gasteiger partial charge in [-0.1, -0.05) is 18.6 Å². The number of halogens is 1. The van der Waals surface area contributed by atoms with Crippen molar-refractivity contribution in [2.24, 2.45) is 0 Å². The molecule has 0 saturated heterocycles. The molecule has 1 aliphatic carbocycles. The van der Waals surface area contributed by atoms with Gasteiger partial charge in [0.1, 0.15) is 5.82 Å². The molecule has 4 rings (SSSR count). The molecule has 156 valence electrons. The van der Waals surface area contributed by atoms with Gasteiger partial charge in [0, 0.05) is 30.7 Å². The zero-order chi connectivity index (χ0) is 21.0.